The van der Waals surface area contributed by atoms with E-state index in [1.165, 1.54) is 19.2 Å². The zero-order valence-corrected chi connectivity index (χ0v) is 13.9. The standard InChI is InChI=1S/C15H16N4O4S/c1-8(11-7-10(23-2)3-4-12(11)20)18-19-14(22)6-9-5-13(21)17-15(24)16-9/h3-5,7,20H,6H2,1-2H3,(H,19,22)(H2,16,17,21,24)/b18-8+. The predicted octanol–water partition coefficient (Wildman–Crippen LogP) is 1.23. The molecule has 1 aromatic carbocycles. The van der Waals surface area contributed by atoms with Gasteiger partial charge in [0.05, 0.1) is 19.2 Å². The van der Waals surface area contributed by atoms with Crippen molar-refractivity contribution < 1.29 is 14.6 Å². The number of nitrogens with one attached hydrogen (secondary N) is 3. The molecule has 4 N–H and O–H groups in total. The molecule has 0 saturated heterocycles. The van der Waals surface area contributed by atoms with Gasteiger partial charge in [0, 0.05) is 17.3 Å². The summed E-state index contributed by atoms with van der Waals surface area (Å²) >= 11 is 4.84. The molecule has 0 aliphatic heterocycles. The van der Waals surface area contributed by atoms with Crippen LogP contribution in [0.25, 0.3) is 0 Å². The van der Waals surface area contributed by atoms with E-state index >= 15 is 0 Å². The fourth-order valence-corrected chi connectivity index (χ4v) is 2.20. The fourth-order valence-electron chi connectivity index (χ4n) is 1.97. The first-order valence-corrected chi connectivity index (χ1v) is 7.33. The molecule has 0 radical (unpaired) electrons. The molecule has 9 heteroatoms. The van der Waals surface area contributed by atoms with Gasteiger partial charge in [-0.2, -0.15) is 5.10 Å². The Morgan fingerprint density at radius 2 is 2.12 bits per heavy atom. The van der Waals surface area contributed by atoms with Crippen LogP contribution in [-0.2, 0) is 11.2 Å². The van der Waals surface area contributed by atoms with Gasteiger partial charge in [0.1, 0.15) is 11.5 Å². The number of hydrogen-bond donors (Lipinski definition) is 4. The van der Waals surface area contributed by atoms with Gasteiger partial charge in [-0.15, -0.1) is 0 Å². The Morgan fingerprint density at radius 1 is 1.38 bits per heavy atom. The van der Waals surface area contributed by atoms with Crippen molar-refractivity contribution >= 4 is 23.8 Å². The van der Waals surface area contributed by atoms with Crippen LogP contribution in [0, 0.1) is 4.77 Å². The molecule has 0 spiro atoms. The molecule has 0 aliphatic carbocycles. The molecule has 0 saturated carbocycles. The molecule has 0 unspecified atom stereocenters. The second kappa shape index (κ2) is 7.55. The van der Waals surface area contributed by atoms with Crippen LogP contribution >= 0.6 is 12.2 Å². The number of nitrogens with zero attached hydrogens (tertiary/aromatic N) is 1. The highest BCUT2D eigenvalue weighted by Gasteiger charge is 2.08. The molecule has 0 atom stereocenters. The molecule has 0 fully saturated rings. The largest absolute Gasteiger partial charge is 0.507 e. The Hall–Kier alpha value is -2.94. The number of aromatic amines is 2. The minimum absolute atomic E-state index is 0.0185. The summed E-state index contributed by atoms with van der Waals surface area (Å²) in [4.78, 5) is 28.3. The molecule has 8 nitrogen and oxygen atoms in total. The van der Waals surface area contributed by atoms with E-state index in [-0.39, 0.29) is 22.5 Å². The number of carbonyl (C=O) groups is 1. The molecule has 1 aromatic heterocycles. The summed E-state index contributed by atoms with van der Waals surface area (Å²) in [5, 5.41) is 13.8. The minimum atomic E-state index is -0.437. The predicted molar refractivity (Wildman–Crippen MR) is 91.0 cm³/mol. The van der Waals surface area contributed by atoms with Crippen LogP contribution in [0.3, 0.4) is 0 Å². The van der Waals surface area contributed by atoms with Gasteiger partial charge in [0.15, 0.2) is 4.77 Å². The molecule has 2 rings (SSSR count). The third-order valence-corrected chi connectivity index (χ3v) is 3.31. The molecule has 2 aromatic rings. The van der Waals surface area contributed by atoms with Crippen LogP contribution < -0.4 is 15.7 Å². The van der Waals surface area contributed by atoms with Gasteiger partial charge < -0.3 is 14.8 Å². The maximum absolute atomic E-state index is 11.9. The van der Waals surface area contributed by atoms with Gasteiger partial charge >= 0.3 is 0 Å². The summed E-state index contributed by atoms with van der Waals surface area (Å²) in [5.41, 5.74) is 3.19. The molecule has 0 bridgehead atoms. The SMILES string of the molecule is COc1ccc(O)c(/C(C)=N/NC(=O)Cc2cc(=O)[nH]c(=S)[nH]2)c1. The number of ether oxygens (including phenoxy) is 1. The lowest BCUT2D eigenvalue weighted by Gasteiger charge is -2.07. The Morgan fingerprint density at radius 3 is 2.79 bits per heavy atom. The zero-order chi connectivity index (χ0) is 17.7. The first-order chi connectivity index (χ1) is 11.4. The lowest BCUT2D eigenvalue weighted by molar-refractivity contribution is -0.120. The highest BCUT2D eigenvalue weighted by molar-refractivity contribution is 7.71. The first kappa shape index (κ1) is 17.4. The monoisotopic (exact) mass is 348 g/mol. The Bertz CT molecular complexity index is 873. The maximum atomic E-state index is 11.9. The number of carbonyl (C=O) groups excluding carboxylic acids is 1. The van der Waals surface area contributed by atoms with E-state index in [1.54, 1.807) is 19.1 Å². The molecular formula is C15H16N4O4S. The highest BCUT2D eigenvalue weighted by Crippen LogP contribution is 2.23. The second-order valence-electron chi connectivity index (χ2n) is 4.91. The summed E-state index contributed by atoms with van der Waals surface area (Å²) in [6.07, 6.45) is -0.0889. The number of methoxy groups -OCH3 is 1. The summed E-state index contributed by atoms with van der Waals surface area (Å²) in [7, 11) is 1.51. The quantitative estimate of drug-likeness (QED) is 0.368. The number of phenols is 1. The minimum Gasteiger partial charge on any atom is -0.507 e. The van der Waals surface area contributed by atoms with E-state index in [0.29, 0.717) is 22.7 Å². The van der Waals surface area contributed by atoms with Crippen molar-refractivity contribution in [3.63, 3.8) is 0 Å². The Kier molecular flexibility index (Phi) is 5.48. The van der Waals surface area contributed by atoms with E-state index in [4.69, 9.17) is 17.0 Å². The number of amides is 1. The van der Waals surface area contributed by atoms with Gasteiger partial charge in [-0.3, -0.25) is 14.6 Å². The van der Waals surface area contributed by atoms with E-state index in [9.17, 15) is 14.7 Å². The number of hydrazone groups is 1. The van der Waals surface area contributed by atoms with Gasteiger partial charge in [0.2, 0.25) is 5.91 Å². The van der Waals surface area contributed by atoms with Crippen molar-refractivity contribution in [2.24, 2.45) is 5.10 Å². The molecule has 126 valence electrons. The van der Waals surface area contributed by atoms with Crippen molar-refractivity contribution in [2.45, 2.75) is 13.3 Å². The normalized spacial score (nSPS) is 11.2. The third kappa shape index (κ3) is 4.53. The van der Waals surface area contributed by atoms with E-state index in [0.717, 1.165) is 0 Å². The lowest BCUT2D eigenvalue weighted by atomic mass is 10.1. The molecule has 1 amide bonds. The number of phenolic OH excluding ortho intramolecular Hbond substituents is 1. The van der Waals surface area contributed by atoms with Gasteiger partial charge in [0.25, 0.3) is 5.56 Å². The summed E-state index contributed by atoms with van der Waals surface area (Å²) < 4.78 is 5.23. The van der Waals surface area contributed by atoms with Crippen molar-refractivity contribution in [3.8, 4) is 11.5 Å². The van der Waals surface area contributed by atoms with E-state index < -0.39 is 5.91 Å². The van der Waals surface area contributed by atoms with Crippen molar-refractivity contribution in [2.75, 3.05) is 7.11 Å². The van der Waals surface area contributed by atoms with Crippen molar-refractivity contribution in [3.05, 3.63) is 50.6 Å². The van der Waals surface area contributed by atoms with Gasteiger partial charge in [-0.25, -0.2) is 5.43 Å². The van der Waals surface area contributed by atoms with Crippen LogP contribution in [0.5, 0.6) is 11.5 Å². The number of benzene rings is 1. The van der Waals surface area contributed by atoms with Crippen LogP contribution in [-0.4, -0.2) is 33.8 Å². The van der Waals surface area contributed by atoms with Gasteiger partial charge in [-0.05, 0) is 37.3 Å². The first-order valence-electron chi connectivity index (χ1n) is 6.92. The average Bonchev–Trinajstić information content (AvgIpc) is 2.52. The number of H-pyrrole nitrogens is 2. The van der Waals surface area contributed by atoms with Crippen LogP contribution in [0.2, 0.25) is 0 Å². The van der Waals surface area contributed by atoms with E-state index in [1.807, 2.05) is 0 Å². The Balaban J connectivity index is 2.10. The third-order valence-electron chi connectivity index (χ3n) is 3.11. The molecular weight excluding hydrogens is 332 g/mol. The maximum Gasteiger partial charge on any atom is 0.251 e. The molecule has 1 heterocycles. The highest BCUT2D eigenvalue weighted by atomic mass is 32.1. The van der Waals surface area contributed by atoms with Crippen LogP contribution in [0.1, 0.15) is 18.2 Å². The Labute approximate surface area is 142 Å². The molecule has 24 heavy (non-hydrogen) atoms. The van der Waals surface area contributed by atoms with Gasteiger partial charge in [-0.1, -0.05) is 0 Å². The zero-order valence-electron chi connectivity index (χ0n) is 13.0. The smallest absolute Gasteiger partial charge is 0.251 e. The lowest BCUT2D eigenvalue weighted by Crippen LogP contribution is -2.23. The van der Waals surface area contributed by atoms with Crippen molar-refractivity contribution in [1.29, 1.82) is 0 Å². The number of rotatable bonds is 5. The summed E-state index contributed by atoms with van der Waals surface area (Å²) in [6.45, 7) is 1.63. The number of aromatic nitrogens is 2. The average molecular weight is 348 g/mol. The summed E-state index contributed by atoms with van der Waals surface area (Å²) in [6, 6.07) is 5.94. The number of aromatic hydroxyl groups is 1. The van der Waals surface area contributed by atoms with Crippen LogP contribution in [0.15, 0.2) is 34.2 Å². The second-order valence-corrected chi connectivity index (χ2v) is 5.31. The molecule has 0 aliphatic rings. The number of hydrogen-bond acceptors (Lipinski definition) is 6. The topological polar surface area (TPSA) is 120 Å². The van der Waals surface area contributed by atoms with E-state index in [2.05, 4.69) is 20.5 Å². The van der Waals surface area contributed by atoms with Crippen molar-refractivity contribution in [1.82, 2.24) is 15.4 Å². The summed E-state index contributed by atoms with van der Waals surface area (Å²) in [5.74, 6) is 0.137. The fraction of sp³-hybridized carbons (Fsp3) is 0.200. The van der Waals surface area contributed by atoms with Crippen LogP contribution in [0.4, 0.5) is 0 Å².